The fourth-order valence-corrected chi connectivity index (χ4v) is 2.34. The Bertz CT molecular complexity index is 278. The van der Waals surface area contributed by atoms with Crippen LogP contribution in [0.4, 0.5) is 4.79 Å². The molecule has 0 radical (unpaired) electrons. The fraction of sp³-hybridized carbons (Fsp3) is 0.933. The molecule has 0 aromatic carbocycles. The molecule has 0 aromatic heterocycles. The van der Waals surface area contributed by atoms with Crippen molar-refractivity contribution < 1.29 is 9.90 Å². The van der Waals surface area contributed by atoms with Gasteiger partial charge in [-0.3, -0.25) is 0 Å². The van der Waals surface area contributed by atoms with Gasteiger partial charge in [-0.15, -0.1) is 0 Å². The standard InChI is InChI=1S/C15H30N2O2/c1-12(5-8-15(2,3)4)16-14(19)17-9-6-13(11-18)7-10-17/h12-13,18H,5-11H2,1-4H3,(H,16,19). The van der Waals surface area contributed by atoms with Gasteiger partial charge in [0.05, 0.1) is 0 Å². The minimum atomic E-state index is 0.0535. The van der Waals surface area contributed by atoms with Crippen molar-refractivity contribution in [3.8, 4) is 0 Å². The van der Waals surface area contributed by atoms with Crippen LogP contribution in [0.2, 0.25) is 0 Å². The van der Waals surface area contributed by atoms with Gasteiger partial charge >= 0.3 is 6.03 Å². The molecule has 1 aliphatic heterocycles. The van der Waals surface area contributed by atoms with E-state index in [1.807, 2.05) is 4.90 Å². The van der Waals surface area contributed by atoms with Gasteiger partial charge in [-0.1, -0.05) is 20.8 Å². The molecule has 19 heavy (non-hydrogen) atoms. The van der Waals surface area contributed by atoms with Crippen LogP contribution >= 0.6 is 0 Å². The molecule has 0 saturated carbocycles. The lowest BCUT2D eigenvalue weighted by molar-refractivity contribution is 0.135. The van der Waals surface area contributed by atoms with Crippen LogP contribution < -0.4 is 5.32 Å². The van der Waals surface area contributed by atoms with Crippen molar-refractivity contribution in [3.63, 3.8) is 0 Å². The number of hydrogen-bond donors (Lipinski definition) is 2. The van der Waals surface area contributed by atoms with E-state index in [2.05, 4.69) is 33.0 Å². The van der Waals surface area contributed by atoms with Gasteiger partial charge in [-0.2, -0.15) is 0 Å². The molecule has 0 spiro atoms. The van der Waals surface area contributed by atoms with Crippen LogP contribution in [0.3, 0.4) is 0 Å². The van der Waals surface area contributed by atoms with Gasteiger partial charge in [0, 0.05) is 25.7 Å². The lowest BCUT2D eigenvalue weighted by Gasteiger charge is -2.32. The molecule has 0 aliphatic carbocycles. The third-order valence-electron chi connectivity index (χ3n) is 3.86. The van der Waals surface area contributed by atoms with Crippen LogP contribution in [0, 0.1) is 11.3 Å². The molecule has 2 amide bonds. The van der Waals surface area contributed by atoms with Crippen molar-refractivity contribution in [2.75, 3.05) is 19.7 Å². The molecule has 4 nitrogen and oxygen atoms in total. The third-order valence-corrected chi connectivity index (χ3v) is 3.86. The molecule has 1 atom stereocenters. The summed E-state index contributed by atoms with van der Waals surface area (Å²) in [4.78, 5) is 14.0. The van der Waals surface area contributed by atoms with E-state index in [9.17, 15) is 4.79 Å². The van der Waals surface area contributed by atoms with Crippen molar-refractivity contribution in [2.45, 2.75) is 59.4 Å². The first kappa shape index (κ1) is 16.3. The van der Waals surface area contributed by atoms with Crippen LogP contribution in [-0.4, -0.2) is 41.8 Å². The number of nitrogens with zero attached hydrogens (tertiary/aromatic N) is 1. The second kappa shape index (κ2) is 7.13. The van der Waals surface area contributed by atoms with Crippen molar-refractivity contribution in [2.24, 2.45) is 11.3 Å². The molecule has 1 saturated heterocycles. The van der Waals surface area contributed by atoms with E-state index in [0.29, 0.717) is 11.3 Å². The van der Waals surface area contributed by atoms with Crippen LogP contribution in [0.25, 0.3) is 0 Å². The van der Waals surface area contributed by atoms with Gasteiger partial charge in [-0.05, 0) is 43.9 Å². The van der Waals surface area contributed by atoms with Crippen molar-refractivity contribution >= 4 is 6.03 Å². The number of carbonyl (C=O) groups is 1. The number of urea groups is 1. The maximum Gasteiger partial charge on any atom is 0.317 e. The molecule has 112 valence electrons. The summed E-state index contributed by atoms with van der Waals surface area (Å²) in [6, 6.07) is 0.278. The van der Waals surface area contributed by atoms with E-state index in [0.717, 1.165) is 38.8 Å². The molecule has 0 bridgehead atoms. The zero-order valence-corrected chi connectivity index (χ0v) is 12.9. The van der Waals surface area contributed by atoms with Crippen LogP contribution in [0.15, 0.2) is 0 Å². The molecule has 1 rings (SSSR count). The number of hydrogen-bond acceptors (Lipinski definition) is 2. The van der Waals surface area contributed by atoms with E-state index in [4.69, 9.17) is 5.11 Å². The number of aliphatic hydroxyl groups excluding tert-OH is 1. The van der Waals surface area contributed by atoms with Crippen molar-refractivity contribution in [3.05, 3.63) is 0 Å². The average Bonchev–Trinajstić information content (AvgIpc) is 2.35. The molecule has 0 aromatic rings. The predicted octanol–water partition coefficient (Wildman–Crippen LogP) is 2.62. The van der Waals surface area contributed by atoms with Gasteiger partial charge in [0.25, 0.3) is 0 Å². The summed E-state index contributed by atoms with van der Waals surface area (Å²) in [7, 11) is 0. The smallest absolute Gasteiger partial charge is 0.317 e. The monoisotopic (exact) mass is 270 g/mol. The summed E-state index contributed by atoms with van der Waals surface area (Å²) in [5, 5.41) is 12.2. The highest BCUT2D eigenvalue weighted by Crippen LogP contribution is 2.21. The predicted molar refractivity (Wildman–Crippen MR) is 78.1 cm³/mol. The summed E-state index contributed by atoms with van der Waals surface area (Å²) in [5.41, 5.74) is 0.318. The highest BCUT2D eigenvalue weighted by Gasteiger charge is 2.23. The van der Waals surface area contributed by atoms with E-state index in [-0.39, 0.29) is 18.7 Å². The highest BCUT2D eigenvalue weighted by molar-refractivity contribution is 5.74. The number of amides is 2. The summed E-state index contributed by atoms with van der Waals surface area (Å²) >= 11 is 0. The number of carbonyl (C=O) groups excluding carboxylic acids is 1. The van der Waals surface area contributed by atoms with Crippen LogP contribution in [-0.2, 0) is 0 Å². The maximum absolute atomic E-state index is 12.1. The number of piperidine rings is 1. The molecule has 4 heteroatoms. The number of nitrogens with one attached hydrogen (secondary N) is 1. The molecular weight excluding hydrogens is 240 g/mol. The van der Waals surface area contributed by atoms with E-state index in [1.54, 1.807) is 0 Å². The van der Waals surface area contributed by atoms with Gasteiger partial charge in [0.1, 0.15) is 0 Å². The first-order valence-electron chi connectivity index (χ1n) is 7.48. The Labute approximate surface area is 117 Å². The minimum Gasteiger partial charge on any atom is -0.396 e. The maximum atomic E-state index is 12.1. The topological polar surface area (TPSA) is 52.6 Å². The summed E-state index contributed by atoms with van der Waals surface area (Å²) < 4.78 is 0. The molecule has 1 heterocycles. The summed E-state index contributed by atoms with van der Waals surface area (Å²) in [6.07, 6.45) is 3.96. The Hall–Kier alpha value is -0.770. The quantitative estimate of drug-likeness (QED) is 0.825. The first-order chi connectivity index (χ1) is 8.81. The SMILES string of the molecule is CC(CCC(C)(C)C)NC(=O)N1CCC(CO)CC1. The highest BCUT2D eigenvalue weighted by atomic mass is 16.3. The normalized spacial score (nSPS) is 19.3. The lowest BCUT2D eigenvalue weighted by Crippen LogP contribution is -2.47. The lowest BCUT2D eigenvalue weighted by atomic mass is 9.89. The fourth-order valence-electron chi connectivity index (χ4n) is 2.34. The van der Waals surface area contributed by atoms with Gasteiger partial charge in [0.15, 0.2) is 0 Å². The number of rotatable bonds is 4. The van der Waals surface area contributed by atoms with Crippen molar-refractivity contribution in [1.29, 1.82) is 0 Å². The Balaban J connectivity index is 2.27. The largest absolute Gasteiger partial charge is 0.396 e. The minimum absolute atomic E-state index is 0.0535. The summed E-state index contributed by atoms with van der Waals surface area (Å²) in [5.74, 6) is 0.377. The van der Waals surface area contributed by atoms with E-state index in [1.165, 1.54) is 0 Å². The zero-order valence-electron chi connectivity index (χ0n) is 12.9. The van der Waals surface area contributed by atoms with Gasteiger partial charge in [-0.25, -0.2) is 4.79 Å². The van der Waals surface area contributed by atoms with E-state index >= 15 is 0 Å². The average molecular weight is 270 g/mol. The first-order valence-corrected chi connectivity index (χ1v) is 7.48. The van der Waals surface area contributed by atoms with Gasteiger partial charge < -0.3 is 15.3 Å². The number of likely N-dealkylation sites (tertiary alicyclic amines) is 1. The van der Waals surface area contributed by atoms with Crippen LogP contribution in [0.5, 0.6) is 0 Å². The second-order valence-electron chi connectivity index (χ2n) is 7.06. The van der Waals surface area contributed by atoms with Gasteiger partial charge in [0.2, 0.25) is 0 Å². The van der Waals surface area contributed by atoms with Crippen molar-refractivity contribution in [1.82, 2.24) is 10.2 Å². The molecule has 1 fully saturated rings. The Morgan fingerprint density at radius 2 is 1.95 bits per heavy atom. The van der Waals surface area contributed by atoms with E-state index < -0.39 is 0 Å². The molecule has 1 aliphatic rings. The molecule has 2 N–H and O–H groups in total. The molecule has 1 unspecified atom stereocenters. The van der Waals surface area contributed by atoms with Crippen LogP contribution in [0.1, 0.15) is 53.4 Å². The third kappa shape index (κ3) is 6.28. The zero-order chi connectivity index (χ0) is 14.5. The number of aliphatic hydroxyl groups is 1. The summed E-state index contributed by atoms with van der Waals surface area (Å²) in [6.45, 7) is 10.5. The second-order valence-corrected chi connectivity index (χ2v) is 7.06. The Kier molecular flexibility index (Phi) is 6.11. The Morgan fingerprint density at radius 3 is 2.42 bits per heavy atom. The Morgan fingerprint density at radius 1 is 1.37 bits per heavy atom. The molecular formula is C15H30N2O2.